The van der Waals surface area contributed by atoms with E-state index in [1.165, 1.54) is 22.7 Å². The van der Waals surface area contributed by atoms with Crippen LogP contribution in [-0.4, -0.2) is 43.0 Å². The second-order valence-corrected chi connectivity index (χ2v) is 9.01. The van der Waals surface area contributed by atoms with E-state index in [9.17, 15) is 14.4 Å². The molecule has 1 aliphatic heterocycles. The average Bonchev–Trinajstić information content (AvgIpc) is 3.54. The Morgan fingerprint density at radius 3 is 2.64 bits per heavy atom. The summed E-state index contributed by atoms with van der Waals surface area (Å²) in [5.41, 5.74) is 2.40. The molecule has 8 nitrogen and oxygen atoms in total. The van der Waals surface area contributed by atoms with Gasteiger partial charge in [0.05, 0.1) is 25.8 Å². The Morgan fingerprint density at radius 1 is 1.18 bits per heavy atom. The Morgan fingerprint density at radius 2 is 1.97 bits per heavy atom. The molecule has 4 rings (SSSR count). The molecule has 1 saturated heterocycles. The minimum absolute atomic E-state index is 0.0383. The number of hydrogen-bond donors (Lipinski definition) is 1. The number of anilines is 2. The van der Waals surface area contributed by atoms with Crippen LogP contribution < -0.4 is 15.0 Å². The van der Waals surface area contributed by atoms with Gasteiger partial charge in [0.25, 0.3) is 0 Å². The maximum Gasteiger partial charge on any atom is 0.341 e. The van der Waals surface area contributed by atoms with Gasteiger partial charge in [-0.05, 0) is 31.0 Å². The highest BCUT2D eigenvalue weighted by atomic mass is 32.1. The number of nitrogens with zero attached hydrogens (tertiary/aromatic N) is 2. The van der Waals surface area contributed by atoms with Gasteiger partial charge in [0.15, 0.2) is 5.13 Å². The van der Waals surface area contributed by atoms with Gasteiger partial charge in [0, 0.05) is 29.3 Å². The van der Waals surface area contributed by atoms with Crippen LogP contribution in [0.25, 0.3) is 11.1 Å². The van der Waals surface area contributed by atoms with Gasteiger partial charge in [-0.25, -0.2) is 9.78 Å². The SMILES string of the molecule is CCOC(=O)c1c(-c2ccc(OC)cc2)csc1NC(=O)Cc1csc(N2CCCC2=O)n1. The highest BCUT2D eigenvalue weighted by molar-refractivity contribution is 7.15. The summed E-state index contributed by atoms with van der Waals surface area (Å²) in [4.78, 5) is 43.5. The molecule has 3 aromatic rings. The van der Waals surface area contributed by atoms with Crippen LogP contribution in [0.4, 0.5) is 10.1 Å². The zero-order valence-corrected chi connectivity index (χ0v) is 19.9. The number of thiophene rings is 1. The van der Waals surface area contributed by atoms with Crippen LogP contribution >= 0.6 is 22.7 Å². The number of hydrogen-bond acceptors (Lipinski definition) is 8. The average molecular weight is 486 g/mol. The van der Waals surface area contributed by atoms with E-state index >= 15 is 0 Å². The lowest BCUT2D eigenvalue weighted by Crippen LogP contribution is -2.23. The van der Waals surface area contributed by atoms with Crippen LogP contribution in [0, 0.1) is 0 Å². The van der Waals surface area contributed by atoms with Gasteiger partial charge in [-0.2, -0.15) is 0 Å². The molecule has 1 fully saturated rings. The van der Waals surface area contributed by atoms with E-state index < -0.39 is 5.97 Å². The van der Waals surface area contributed by atoms with E-state index in [-0.39, 0.29) is 24.8 Å². The molecule has 2 aromatic heterocycles. The molecule has 0 saturated carbocycles. The number of amides is 2. The van der Waals surface area contributed by atoms with Crippen molar-refractivity contribution in [3.63, 3.8) is 0 Å². The summed E-state index contributed by atoms with van der Waals surface area (Å²) in [6.45, 7) is 2.62. The summed E-state index contributed by atoms with van der Waals surface area (Å²) in [5, 5.41) is 7.48. The van der Waals surface area contributed by atoms with E-state index in [1.54, 1.807) is 24.3 Å². The number of carbonyl (C=O) groups excluding carboxylic acids is 3. The number of methoxy groups -OCH3 is 1. The fourth-order valence-corrected chi connectivity index (χ4v) is 5.37. The highest BCUT2D eigenvalue weighted by Crippen LogP contribution is 2.37. The first-order chi connectivity index (χ1) is 16.0. The molecule has 0 unspecified atom stereocenters. The van der Waals surface area contributed by atoms with Crippen molar-refractivity contribution >= 4 is 50.6 Å². The van der Waals surface area contributed by atoms with Crippen molar-refractivity contribution in [3.8, 4) is 16.9 Å². The zero-order chi connectivity index (χ0) is 23.4. The Hall–Kier alpha value is -3.24. The Bertz CT molecular complexity index is 1170. The maximum atomic E-state index is 12.7. The number of thiazole rings is 1. The van der Waals surface area contributed by atoms with Crippen molar-refractivity contribution in [2.75, 3.05) is 30.5 Å². The van der Waals surface area contributed by atoms with Crippen LogP contribution in [-0.2, 0) is 20.7 Å². The van der Waals surface area contributed by atoms with Gasteiger partial charge >= 0.3 is 5.97 Å². The van der Waals surface area contributed by atoms with Crippen LogP contribution in [0.2, 0.25) is 0 Å². The van der Waals surface area contributed by atoms with E-state index in [0.717, 1.165) is 12.0 Å². The molecule has 10 heteroatoms. The number of ether oxygens (including phenoxy) is 2. The fraction of sp³-hybridized carbons (Fsp3) is 0.304. The van der Waals surface area contributed by atoms with Crippen molar-refractivity contribution in [2.45, 2.75) is 26.2 Å². The molecule has 0 atom stereocenters. The molecule has 172 valence electrons. The summed E-state index contributed by atoms with van der Waals surface area (Å²) < 4.78 is 10.5. The van der Waals surface area contributed by atoms with Gasteiger partial charge in [-0.3, -0.25) is 14.5 Å². The summed E-state index contributed by atoms with van der Waals surface area (Å²) in [5.74, 6) is -0.0285. The molecule has 3 heterocycles. The molecule has 2 amide bonds. The summed E-state index contributed by atoms with van der Waals surface area (Å²) in [6.07, 6.45) is 1.39. The van der Waals surface area contributed by atoms with Gasteiger partial charge in [0.2, 0.25) is 11.8 Å². The largest absolute Gasteiger partial charge is 0.497 e. The Kier molecular flexibility index (Phi) is 7.05. The summed E-state index contributed by atoms with van der Waals surface area (Å²) >= 11 is 2.62. The van der Waals surface area contributed by atoms with E-state index in [4.69, 9.17) is 9.47 Å². The first-order valence-electron chi connectivity index (χ1n) is 10.5. The number of rotatable bonds is 8. The molecular formula is C23H23N3O5S2. The third-order valence-electron chi connectivity index (χ3n) is 5.11. The zero-order valence-electron chi connectivity index (χ0n) is 18.3. The first-order valence-corrected chi connectivity index (χ1v) is 12.2. The Balaban J connectivity index is 1.52. The molecule has 1 aliphatic rings. The standard InChI is InChI=1S/C23H23N3O5S2/c1-3-31-22(29)20-17(14-6-8-16(30-2)9-7-14)13-32-21(20)25-18(27)11-15-12-33-23(24-15)26-10-4-5-19(26)28/h6-9,12-13H,3-5,10-11H2,1-2H3,(H,25,27). The van der Waals surface area contributed by atoms with Crippen molar-refractivity contribution in [1.29, 1.82) is 0 Å². The van der Waals surface area contributed by atoms with E-state index in [1.807, 2.05) is 29.6 Å². The number of nitrogens with one attached hydrogen (secondary N) is 1. The summed E-state index contributed by atoms with van der Waals surface area (Å²) in [7, 11) is 1.59. The van der Waals surface area contributed by atoms with E-state index in [2.05, 4.69) is 10.3 Å². The third kappa shape index (κ3) is 5.07. The highest BCUT2D eigenvalue weighted by Gasteiger charge is 2.25. The molecule has 0 radical (unpaired) electrons. The Labute approximate surface area is 199 Å². The van der Waals surface area contributed by atoms with Crippen LogP contribution in [0.1, 0.15) is 35.8 Å². The van der Waals surface area contributed by atoms with Crippen molar-refractivity contribution < 1.29 is 23.9 Å². The number of esters is 1. The quantitative estimate of drug-likeness (QED) is 0.476. The minimum Gasteiger partial charge on any atom is -0.497 e. The number of aromatic nitrogens is 1. The monoisotopic (exact) mass is 485 g/mol. The maximum absolute atomic E-state index is 12.7. The van der Waals surface area contributed by atoms with Gasteiger partial charge in [0.1, 0.15) is 16.3 Å². The van der Waals surface area contributed by atoms with Gasteiger partial charge in [-0.1, -0.05) is 12.1 Å². The minimum atomic E-state index is -0.497. The summed E-state index contributed by atoms with van der Waals surface area (Å²) in [6, 6.07) is 7.33. The van der Waals surface area contributed by atoms with Crippen LogP contribution in [0.5, 0.6) is 5.75 Å². The lowest BCUT2D eigenvalue weighted by Gasteiger charge is -2.10. The lowest BCUT2D eigenvalue weighted by atomic mass is 10.0. The number of benzene rings is 1. The number of carbonyl (C=O) groups is 3. The molecular weight excluding hydrogens is 462 g/mol. The van der Waals surface area contributed by atoms with Crippen molar-refractivity contribution in [2.24, 2.45) is 0 Å². The normalized spacial score (nSPS) is 13.3. The third-order valence-corrected chi connectivity index (χ3v) is 6.92. The predicted molar refractivity (Wildman–Crippen MR) is 128 cm³/mol. The lowest BCUT2D eigenvalue weighted by molar-refractivity contribution is -0.117. The van der Waals surface area contributed by atoms with E-state index in [0.29, 0.717) is 45.7 Å². The molecule has 1 N–H and O–H groups in total. The molecule has 0 bridgehead atoms. The second kappa shape index (κ2) is 10.1. The molecule has 33 heavy (non-hydrogen) atoms. The smallest absolute Gasteiger partial charge is 0.341 e. The van der Waals surface area contributed by atoms with Gasteiger partial charge < -0.3 is 14.8 Å². The molecule has 1 aromatic carbocycles. The van der Waals surface area contributed by atoms with Crippen LogP contribution in [0.15, 0.2) is 35.0 Å². The van der Waals surface area contributed by atoms with Crippen molar-refractivity contribution in [3.05, 3.63) is 46.3 Å². The predicted octanol–water partition coefficient (Wildman–Crippen LogP) is 4.36. The topological polar surface area (TPSA) is 97.8 Å². The van der Waals surface area contributed by atoms with Crippen molar-refractivity contribution in [1.82, 2.24) is 4.98 Å². The van der Waals surface area contributed by atoms with Crippen LogP contribution in [0.3, 0.4) is 0 Å². The molecule has 0 aliphatic carbocycles. The van der Waals surface area contributed by atoms with Gasteiger partial charge in [-0.15, -0.1) is 22.7 Å². The fourth-order valence-electron chi connectivity index (χ4n) is 3.53. The molecule has 0 spiro atoms. The first kappa shape index (κ1) is 22.9. The second-order valence-electron chi connectivity index (χ2n) is 7.30.